The van der Waals surface area contributed by atoms with Gasteiger partial charge in [0, 0.05) is 17.7 Å². The highest BCUT2D eigenvalue weighted by Crippen LogP contribution is 2.16. The van der Waals surface area contributed by atoms with Crippen LogP contribution in [-0.4, -0.2) is 30.2 Å². The summed E-state index contributed by atoms with van der Waals surface area (Å²) in [5.74, 6) is -1.75. The average Bonchev–Trinajstić information content (AvgIpc) is 3.33. The molecule has 1 amide bonds. The molecule has 0 fully saturated rings. The Bertz CT molecular complexity index is 1100. The summed E-state index contributed by atoms with van der Waals surface area (Å²) in [6, 6.07) is 16.2. The van der Waals surface area contributed by atoms with E-state index < -0.39 is 24.3 Å². The molecular formula is C24H21NO7. The van der Waals surface area contributed by atoms with Gasteiger partial charge in [0.05, 0.1) is 12.7 Å². The van der Waals surface area contributed by atoms with Crippen molar-refractivity contribution < 1.29 is 33.1 Å². The lowest BCUT2D eigenvalue weighted by atomic mass is 10.1. The van der Waals surface area contributed by atoms with Gasteiger partial charge in [-0.15, -0.1) is 0 Å². The molecule has 0 bridgehead atoms. The molecule has 164 valence electrons. The number of ether oxygens (including phenoxy) is 2. The van der Waals surface area contributed by atoms with E-state index in [0.717, 1.165) is 5.56 Å². The summed E-state index contributed by atoms with van der Waals surface area (Å²) in [7, 11) is 0. The zero-order valence-electron chi connectivity index (χ0n) is 17.3. The van der Waals surface area contributed by atoms with E-state index in [0.29, 0.717) is 5.69 Å². The fourth-order valence-corrected chi connectivity index (χ4v) is 2.70. The molecule has 0 aliphatic heterocycles. The Morgan fingerprint density at radius 1 is 0.906 bits per heavy atom. The number of para-hydroxylation sites is 1. The zero-order valence-corrected chi connectivity index (χ0v) is 17.3. The lowest BCUT2D eigenvalue weighted by Gasteiger charge is -2.08. The van der Waals surface area contributed by atoms with Gasteiger partial charge >= 0.3 is 11.9 Å². The highest BCUT2D eigenvalue weighted by atomic mass is 16.5. The van der Waals surface area contributed by atoms with E-state index in [4.69, 9.17) is 13.9 Å². The van der Waals surface area contributed by atoms with Crippen LogP contribution in [0.2, 0.25) is 0 Å². The number of carbonyl (C=O) groups is 4. The summed E-state index contributed by atoms with van der Waals surface area (Å²) in [6.07, 6.45) is 1.15. The van der Waals surface area contributed by atoms with Gasteiger partial charge < -0.3 is 19.2 Å². The summed E-state index contributed by atoms with van der Waals surface area (Å²) in [5.41, 5.74) is 1.88. The number of furan rings is 1. The average molecular weight is 435 g/mol. The second-order valence-corrected chi connectivity index (χ2v) is 6.84. The first-order chi connectivity index (χ1) is 15.4. The molecule has 0 saturated heterocycles. The lowest BCUT2D eigenvalue weighted by molar-refractivity contribution is -0.143. The zero-order chi connectivity index (χ0) is 22.9. The van der Waals surface area contributed by atoms with Gasteiger partial charge in [-0.25, -0.2) is 4.79 Å². The van der Waals surface area contributed by atoms with Gasteiger partial charge in [-0.05, 0) is 55.0 Å². The molecule has 1 N–H and O–H groups in total. The van der Waals surface area contributed by atoms with E-state index in [1.165, 1.54) is 36.6 Å². The van der Waals surface area contributed by atoms with Gasteiger partial charge in [0.1, 0.15) is 5.75 Å². The fraction of sp³-hybridized carbons (Fsp3) is 0.167. The van der Waals surface area contributed by atoms with E-state index in [-0.39, 0.29) is 35.8 Å². The third-order valence-electron chi connectivity index (χ3n) is 4.45. The smallest absolute Gasteiger partial charge is 0.379 e. The number of carbonyl (C=O) groups excluding carboxylic acids is 4. The lowest BCUT2D eigenvalue weighted by Crippen LogP contribution is -2.17. The molecule has 2 aromatic carbocycles. The number of rotatable bonds is 9. The van der Waals surface area contributed by atoms with E-state index in [9.17, 15) is 19.2 Å². The van der Waals surface area contributed by atoms with Gasteiger partial charge in [-0.1, -0.05) is 18.2 Å². The minimum Gasteiger partial charge on any atom is -0.457 e. The van der Waals surface area contributed by atoms with Crippen LogP contribution in [-0.2, 0) is 14.3 Å². The third-order valence-corrected chi connectivity index (χ3v) is 4.45. The summed E-state index contributed by atoms with van der Waals surface area (Å²) in [5, 5.41) is 2.73. The second-order valence-electron chi connectivity index (χ2n) is 6.84. The van der Waals surface area contributed by atoms with Gasteiger partial charge in [-0.3, -0.25) is 14.4 Å². The van der Waals surface area contributed by atoms with Crippen molar-refractivity contribution in [1.82, 2.24) is 0 Å². The van der Waals surface area contributed by atoms with Crippen LogP contribution in [0.5, 0.6) is 5.75 Å². The fourth-order valence-electron chi connectivity index (χ4n) is 2.70. The molecule has 0 saturated carbocycles. The molecule has 0 aliphatic rings. The predicted molar refractivity (Wildman–Crippen MR) is 114 cm³/mol. The van der Waals surface area contributed by atoms with Crippen molar-refractivity contribution in [2.45, 2.75) is 19.8 Å². The summed E-state index contributed by atoms with van der Waals surface area (Å²) in [6.45, 7) is 1.41. The topological polar surface area (TPSA) is 112 Å². The van der Waals surface area contributed by atoms with Crippen LogP contribution < -0.4 is 10.1 Å². The molecule has 3 aromatic rings. The van der Waals surface area contributed by atoms with Crippen molar-refractivity contribution in [1.29, 1.82) is 0 Å². The molecule has 0 spiro atoms. The Morgan fingerprint density at radius 3 is 2.34 bits per heavy atom. The van der Waals surface area contributed by atoms with E-state index >= 15 is 0 Å². The quantitative estimate of drug-likeness (QED) is 0.308. The van der Waals surface area contributed by atoms with Crippen LogP contribution in [0.3, 0.4) is 0 Å². The molecule has 1 heterocycles. The first kappa shape index (κ1) is 22.5. The molecule has 32 heavy (non-hydrogen) atoms. The van der Waals surface area contributed by atoms with Gasteiger partial charge in [0.2, 0.25) is 11.7 Å². The second kappa shape index (κ2) is 10.7. The van der Waals surface area contributed by atoms with Crippen LogP contribution in [0.15, 0.2) is 71.3 Å². The Morgan fingerprint density at radius 2 is 1.66 bits per heavy atom. The highest BCUT2D eigenvalue weighted by Gasteiger charge is 2.14. The van der Waals surface area contributed by atoms with E-state index in [1.807, 2.05) is 19.1 Å². The van der Waals surface area contributed by atoms with Crippen LogP contribution in [0.4, 0.5) is 5.69 Å². The van der Waals surface area contributed by atoms with Crippen LogP contribution >= 0.6 is 0 Å². The van der Waals surface area contributed by atoms with Gasteiger partial charge in [-0.2, -0.15) is 0 Å². The molecule has 8 heteroatoms. The first-order valence-electron chi connectivity index (χ1n) is 9.82. The number of anilines is 1. The number of ketones is 1. The Labute approximate surface area is 184 Å². The molecule has 0 aliphatic carbocycles. The molecular weight excluding hydrogens is 414 g/mol. The van der Waals surface area contributed by atoms with Crippen molar-refractivity contribution in [3.8, 4) is 5.75 Å². The maximum absolute atomic E-state index is 12.2. The maximum Gasteiger partial charge on any atom is 0.379 e. The van der Waals surface area contributed by atoms with E-state index in [2.05, 4.69) is 5.32 Å². The molecule has 1 aromatic heterocycles. The maximum atomic E-state index is 12.2. The minimum atomic E-state index is -0.658. The summed E-state index contributed by atoms with van der Waals surface area (Å²) < 4.78 is 15.0. The van der Waals surface area contributed by atoms with Gasteiger partial charge in [0.25, 0.3) is 0 Å². The van der Waals surface area contributed by atoms with Crippen molar-refractivity contribution in [3.63, 3.8) is 0 Å². The monoisotopic (exact) mass is 435 g/mol. The molecule has 3 rings (SSSR count). The Balaban J connectivity index is 1.40. The summed E-state index contributed by atoms with van der Waals surface area (Å²) >= 11 is 0. The first-order valence-corrected chi connectivity index (χ1v) is 9.82. The van der Waals surface area contributed by atoms with Crippen molar-refractivity contribution in [2.75, 3.05) is 11.9 Å². The van der Waals surface area contributed by atoms with Crippen molar-refractivity contribution in [3.05, 3.63) is 83.8 Å². The van der Waals surface area contributed by atoms with Crippen LogP contribution in [0, 0.1) is 6.92 Å². The standard InChI is InChI=1S/C24H21NO7/c1-16-5-2-3-6-19(16)25-22(27)12-13-23(28)31-15-20(26)17-8-10-18(11-9-17)32-24(29)21-7-4-14-30-21/h2-11,14H,12-13,15H2,1H3,(H,25,27). The normalized spacial score (nSPS) is 10.3. The Hall–Kier alpha value is -4.20. The SMILES string of the molecule is Cc1ccccc1NC(=O)CCC(=O)OCC(=O)c1ccc(OC(=O)c2ccco2)cc1. The number of hydrogen-bond donors (Lipinski definition) is 1. The largest absolute Gasteiger partial charge is 0.457 e. The third kappa shape index (κ3) is 6.40. The van der Waals surface area contributed by atoms with E-state index in [1.54, 1.807) is 18.2 Å². The number of hydrogen-bond acceptors (Lipinski definition) is 7. The number of amides is 1. The summed E-state index contributed by atoms with van der Waals surface area (Å²) in [4.78, 5) is 47.9. The number of nitrogens with one attached hydrogen (secondary N) is 1. The minimum absolute atomic E-state index is 0.0584. The molecule has 8 nitrogen and oxygen atoms in total. The van der Waals surface area contributed by atoms with Crippen molar-refractivity contribution in [2.24, 2.45) is 0 Å². The van der Waals surface area contributed by atoms with Crippen molar-refractivity contribution >= 4 is 29.3 Å². The number of benzene rings is 2. The molecule has 0 radical (unpaired) electrons. The number of Topliss-reactive ketones (excluding diaryl/α,β-unsaturated/α-hetero) is 1. The Kier molecular flexibility index (Phi) is 7.53. The molecule has 0 unspecified atom stereocenters. The highest BCUT2D eigenvalue weighted by molar-refractivity contribution is 5.98. The number of esters is 2. The number of aryl methyl sites for hydroxylation is 1. The van der Waals surface area contributed by atoms with Crippen LogP contribution in [0.1, 0.15) is 39.3 Å². The van der Waals surface area contributed by atoms with Gasteiger partial charge in [0.15, 0.2) is 12.4 Å². The van der Waals surface area contributed by atoms with Crippen LogP contribution in [0.25, 0.3) is 0 Å². The predicted octanol–water partition coefficient (Wildman–Crippen LogP) is 3.95. The molecule has 0 atom stereocenters.